The van der Waals surface area contributed by atoms with Gasteiger partial charge in [-0.3, -0.25) is 0 Å². The highest BCUT2D eigenvalue weighted by Gasteiger charge is 2.30. The Bertz CT molecular complexity index is 93.2. The van der Waals surface area contributed by atoms with Gasteiger partial charge in [-0.2, -0.15) is 0 Å². The molecule has 0 aromatic heterocycles. The van der Waals surface area contributed by atoms with Gasteiger partial charge in [0.1, 0.15) is 0 Å². The van der Waals surface area contributed by atoms with Gasteiger partial charge >= 0.3 is 0 Å². The normalized spacial score (nSPS) is 20.0. The lowest BCUT2D eigenvalue weighted by molar-refractivity contribution is 0.276. The smallest absolute Gasteiger partial charge is 0.000470 e. The van der Waals surface area contributed by atoms with Crippen LogP contribution in [0.1, 0.15) is 52.9 Å². The lowest BCUT2D eigenvalue weighted by Gasteiger charge is -2.26. The van der Waals surface area contributed by atoms with E-state index in [1.165, 1.54) is 38.6 Å². The molecule has 1 aliphatic carbocycles. The summed E-state index contributed by atoms with van der Waals surface area (Å²) in [5.41, 5.74) is 0.675. The molecule has 0 radical (unpaired) electrons. The maximum atomic E-state index is 3.30. The molecule has 1 heteroatoms. The van der Waals surface area contributed by atoms with Gasteiger partial charge in [0, 0.05) is 6.54 Å². The van der Waals surface area contributed by atoms with Crippen molar-refractivity contribution < 1.29 is 0 Å². The van der Waals surface area contributed by atoms with Crippen molar-refractivity contribution in [2.24, 2.45) is 5.41 Å². The monoisotopic (exact) mass is 171 g/mol. The second-order valence-electron chi connectivity index (χ2n) is 3.59. The number of hydrogen-bond acceptors (Lipinski definition) is 1. The molecule has 0 atom stereocenters. The number of rotatable bonds is 3. The maximum absolute atomic E-state index is 3.30. The Morgan fingerprint density at radius 2 is 1.67 bits per heavy atom. The number of nitrogens with one attached hydrogen (secondary N) is 1. The second kappa shape index (κ2) is 6.47. The Labute approximate surface area is 77.9 Å². The summed E-state index contributed by atoms with van der Waals surface area (Å²) < 4.78 is 0. The van der Waals surface area contributed by atoms with Crippen LogP contribution in [0.2, 0.25) is 0 Å². The fourth-order valence-electron chi connectivity index (χ4n) is 2.16. The van der Waals surface area contributed by atoms with Crippen LogP contribution in [0.25, 0.3) is 0 Å². The molecule has 1 nitrogen and oxygen atoms in total. The molecule has 1 saturated carbocycles. The minimum atomic E-state index is 0.675. The van der Waals surface area contributed by atoms with E-state index in [1.54, 1.807) is 0 Å². The molecule has 0 aromatic carbocycles. The van der Waals surface area contributed by atoms with Gasteiger partial charge in [-0.25, -0.2) is 0 Å². The van der Waals surface area contributed by atoms with E-state index in [-0.39, 0.29) is 0 Å². The molecule has 0 saturated heterocycles. The molecule has 0 bridgehead atoms. The molecule has 12 heavy (non-hydrogen) atoms. The fourth-order valence-corrected chi connectivity index (χ4v) is 2.16. The molecule has 0 unspecified atom stereocenters. The van der Waals surface area contributed by atoms with Gasteiger partial charge in [-0.05, 0) is 31.7 Å². The molecule has 0 spiro atoms. The first-order valence-electron chi connectivity index (χ1n) is 5.47. The summed E-state index contributed by atoms with van der Waals surface area (Å²) in [6.07, 6.45) is 7.16. The van der Waals surface area contributed by atoms with E-state index in [4.69, 9.17) is 0 Å². The average Bonchev–Trinajstić information content (AvgIpc) is 2.58. The largest absolute Gasteiger partial charge is 0.319 e. The van der Waals surface area contributed by atoms with Crippen LogP contribution in [-0.2, 0) is 0 Å². The standard InChI is InChI=1S/C9H19N.C2H6/c1-3-9(8-10-2)6-4-5-7-9;1-2/h10H,3-8H2,1-2H3;1-2H3. The third-order valence-electron chi connectivity index (χ3n) is 2.97. The highest BCUT2D eigenvalue weighted by molar-refractivity contribution is 4.84. The summed E-state index contributed by atoms with van der Waals surface area (Å²) in [6, 6.07) is 0. The van der Waals surface area contributed by atoms with E-state index < -0.39 is 0 Å². The molecule has 1 aliphatic rings. The minimum absolute atomic E-state index is 0.675. The Hall–Kier alpha value is -0.0400. The van der Waals surface area contributed by atoms with Crippen molar-refractivity contribution in [3.8, 4) is 0 Å². The van der Waals surface area contributed by atoms with Gasteiger partial charge in [0.15, 0.2) is 0 Å². The molecule has 1 N–H and O–H groups in total. The van der Waals surface area contributed by atoms with Crippen molar-refractivity contribution >= 4 is 0 Å². The van der Waals surface area contributed by atoms with E-state index in [0.29, 0.717) is 5.41 Å². The SMILES string of the molecule is CC.CCC1(CNC)CCCC1. The van der Waals surface area contributed by atoms with E-state index in [1.807, 2.05) is 13.8 Å². The van der Waals surface area contributed by atoms with Crippen molar-refractivity contribution in [3.63, 3.8) is 0 Å². The highest BCUT2D eigenvalue weighted by atomic mass is 14.8. The van der Waals surface area contributed by atoms with Crippen molar-refractivity contribution in [2.45, 2.75) is 52.9 Å². The van der Waals surface area contributed by atoms with Gasteiger partial charge < -0.3 is 5.32 Å². The Morgan fingerprint density at radius 3 is 2.00 bits per heavy atom. The average molecular weight is 171 g/mol. The van der Waals surface area contributed by atoms with Crippen molar-refractivity contribution in [1.29, 1.82) is 0 Å². The van der Waals surface area contributed by atoms with Crippen LogP contribution in [0.3, 0.4) is 0 Å². The van der Waals surface area contributed by atoms with Crippen LogP contribution in [0.4, 0.5) is 0 Å². The Balaban J connectivity index is 0.000000561. The van der Waals surface area contributed by atoms with Gasteiger partial charge in [0.25, 0.3) is 0 Å². The molecule has 74 valence electrons. The van der Waals surface area contributed by atoms with Gasteiger partial charge in [-0.1, -0.05) is 33.6 Å². The lowest BCUT2D eigenvalue weighted by atomic mass is 9.83. The summed E-state index contributed by atoms with van der Waals surface area (Å²) in [5, 5.41) is 3.30. The van der Waals surface area contributed by atoms with E-state index in [9.17, 15) is 0 Å². The predicted molar refractivity (Wildman–Crippen MR) is 56.5 cm³/mol. The third kappa shape index (κ3) is 3.14. The lowest BCUT2D eigenvalue weighted by Crippen LogP contribution is -2.28. The first kappa shape index (κ1) is 12.0. The summed E-state index contributed by atoms with van der Waals surface area (Å²) in [5.74, 6) is 0. The quantitative estimate of drug-likeness (QED) is 0.687. The summed E-state index contributed by atoms with van der Waals surface area (Å²) in [6.45, 7) is 7.55. The first-order chi connectivity index (χ1) is 5.83. The zero-order chi connectivity index (χ0) is 9.45. The van der Waals surface area contributed by atoms with Crippen LogP contribution in [-0.4, -0.2) is 13.6 Å². The zero-order valence-electron chi connectivity index (χ0n) is 9.24. The summed E-state index contributed by atoms with van der Waals surface area (Å²) in [7, 11) is 2.07. The van der Waals surface area contributed by atoms with E-state index in [2.05, 4.69) is 19.3 Å². The summed E-state index contributed by atoms with van der Waals surface area (Å²) in [4.78, 5) is 0. The van der Waals surface area contributed by atoms with Crippen LogP contribution >= 0.6 is 0 Å². The first-order valence-corrected chi connectivity index (χ1v) is 5.47. The Morgan fingerprint density at radius 1 is 1.17 bits per heavy atom. The molecule has 1 rings (SSSR count). The van der Waals surface area contributed by atoms with Gasteiger partial charge in [-0.15, -0.1) is 0 Å². The molecule has 0 aliphatic heterocycles. The minimum Gasteiger partial charge on any atom is -0.319 e. The molecule has 0 aromatic rings. The highest BCUT2D eigenvalue weighted by Crippen LogP contribution is 2.39. The van der Waals surface area contributed by atoms with Crippen molar-refractivity contribution in [1.82, 2.24) is 5.32 Å². The molecule has 0 heterocycles. The summed E-state index contributed by atoms with van der Waals surface area (Å²) >= 11 is 0. The van der Waals surface area contributed by atoms with Crippen molar-refractivity contribution in [2.75, 3.05) is 13.6 Å². The van der Waals surface area contributed by atoms with Gasteiger partial charge in [0.05, 0.1) is 0 Å². The molecule has 0 amide bonds. The zero-order valence-corrected chi connectivity index (χ0v) is 9.24. The topological polar surface area (TPSA) is 12.0 Å². The van der Waals surface area contributed by atoms with Crippen LogP contribution in [0.15, 0.2) is 0 Å². The van der Waals surface area contributed by atoms with Crippen LogP contribution in [0, 0.1) is 5.41 Å². The molecule has 1 fully saturated rings. The van der Waals surface area contributed by atoms with E-state index >= 15 is 0 Å². The van der Waals surface area contributed by atoms with Gasteiger partial charge in [0.2, 0.25) is 0 Å². The van der Waals surface area contributed by atoms with Crippen molar-refractivity contribution in [3.05, 3.63) is 0 Å². The molecular formula is C11H25N. The molecular weight excluding hydrogens is 146 g/mol. The predicted octanol–water partition coefficient (Wildman–Crippen LogP) is 3.20. The van der Waals surface area contributed by atoms with Crippen LogP contribution in [0.5, 0.6) is 0 Å². The number of hydrogen-bond donors (Lipinski definition) is 1. The Kier molecular flexibility index (Phi) is 6.45. The maximum Gasteiger partial charge on any atom is 0.000470 e. The fraction of sp³-hybridized carbons (Fsp3) is 1.00. The third-order valence-corrected chi connectivity index (χ3v) is 2.97. The van der Waals surface area contributed by atoms with Crippen LogP contribution < -0.4 is 5.32 Å². The second-order valence-corrected chi connectivity index (χ2v) is 3.59. The van der Waals surface area contributed by atoms with E-state index in [0.717, 1.165) is 0 Å².